The van der Waals surface area contributed by atoms with E-state index < -0.39 is 29.1 Å². The second-order valence-corrected chi connectivity index (χ2v) is 6.10. The van der Waals surface area contributed by atoms with E-state index in [9.17, 15) is 30.7 Å². The smallest absolute Gasteiger partial charge is 0.218 e. The van der Waals surface area contributed by atoms with Gasteiger partial charge in [-0.05, 0) is 42.7 Å². The molecule has 0 saturated carbocycles. The van der Waals surface area contributed by atoms with Crippen molar-refractivity contribution in [3.63, 3.8) is 0 Å². The van der Waals surface area contributed by atoms with Gasteiger partial charge in [0.2, 0.25) is 0 Å². The van der Waals surface area contributed by atoms with Gasteiger partial charge in [0.1, 0.15) is 0 Å². The van der Waals surface area contributed by atoms with Gasteiger partial charge in [0, 0.05) is 10.6 Å². The van der Waals surface area contributed by atoms with E-state index >= 15 is 0 Å². The maximum absolute atomic E-state index is 14.6. The highest BCUT2D eigenvalue weighted by Crippen LogP contribution is 2.55. The molecule has 0 heterocycles. The highest BCUT2D eigenvalue weighted by atomic mass is 35.5. The van der Waals surface area contributed by atoms with Gasteiger partial charge in [-0.25, -0.2) is 4.39 Å². The maximum Gasteiger partial charge on any atom is 0.435 e. The van der Waals surface area contributed by atoms with E-state index in [2.05, 4.69) is 0 Å². The molecule has 0 N–H and O–H groups in total. The standard InChI is InChI=1S/C17H12ClF7/c1-9-7-10(2)14(11-3-5-12(18)6-4-11)13(8-9)15(19,16(20,21)22)17(23,24)25/h3-8H,1-2H3. The summed E-state index contributed by atoms with van der Waals surface area (Å²) in [5.41, 5.74) is -7.25. The average molecular weight is 385 g/mol. The predicted molar refractivity (Wildman–Crippen MR) is 81.3 cm³/mol. The molecule has 0 saturated heterocycles. The number of hydrogen-bond donors (Lipinski definition) is 0. The number of aryl methyl sites for hydroxylation is 2. The zero-order valence-corrected chi connectivity index (χ0v) is 13.7. The molecule has 0 bridgehead atoms. The van der Waals surface area contributed by atoms with Crippen LogP contribution in [0.2, 0.25) is 5.02 Å². The minimum Gasteiger partial charge on any atom is -0.218 e. The Morgan fingerprint density at radius 1 is 0.760 bits per heavy atom. The molecule has 0 amide bonds. The molecule has 0 aliphatic carbocycles. The van der Waals surface area contributed by atoms with E-state index in [1.54, 1.807) is 0 Å². The molecule has 0 unspecified atom stereocenters. The zero-order chi connectivity index (χ0) is 19.2. The quantitative estimate of drug-likeness (QED) is 0.493. The Morgan fingerprint density at radius 2 is 1.24 bits per heavy atom. The molecular formula is C17H12ClF7. The van der Waals surface area contributed by atoms with Gasteiger partial charge in [0.25, 0.3) is 0 Å². The summed E-state index contributed by atoms with van der Waals surface area (Å²) in [4.78, 5) is 0. The summed E-state index contributed by atoms with van der Waals surface area (Å²) in [5, 5.41) is 0.244. The molecular weight excluding hydrogens is 373 g/mol. The van der Waals surface area contributed by atoms with Crippen molar-refractivity contribution in [2.24, 2.45) is 0 Å². The van der Waals surface area contributed by atoms with Crippen LogP contribution >= 0.6 is 11.6 Å². The molecule has 2 aromatic carbocycles. The van der Waals surface area contributed by atoms with Crippen molar-refractivity contribution in [1.82, 2.24) is 0 Å². The summed E-state index contributed by atoms with van der Waals surface area (Å²) >= 11 is 5.70. The van der Waals surface area contributed by atoms with Crippen molar-refractivity contribution >= 4 is 11.6 Å². The number of halogens is 8. The lowest BCUT2D eigenvalue weighted by Gasteiger charge is -2.32. The lowest BCUT2D eigenvalue weighted by atomic mass is 9.83. The summed E-state index contributed by atoms with van der Waals surface area (Å²) in [7, 11) is 0. The SMILES string of the molecule is Cc1cc(C)c(-c2ccc(Cl)cc2)c(C(F)(C(F)(F)F)C(F)(F)F)c1. The number of hydrogen-bond acceptors (Lipinski definition) is 0. The summed E-state index contributed by atoms with van der Waals surface area (Å²) in [6.07, 6.45) is -12.3. The number of rotatable bonds is 2. The molecule has 0 fully saturated rings. The minimum absolute atomic E-state index is 0.00687. The highest BCUT2D eigenvalue weighted by molar-refractivity contribution is 6.30. The number of benzene rings is 2. The molecule has 8 heteroatoms. The van der Waals surface area contributed by atoms with Crippen molar-refractivity contribution in [2.45, 2.75) is 31.9 Å². The van der Waals surface area contributed by atoms with Crippen LogP contribution in [0, 0.1) is 13.8 Å². The van der Waals surface area contributed by atoms with E-state index in [4.69, 9.17) is 11.6 Å². The molecule has 0 aliphatic heterocycles. The van der Waals surface area contributed by atoms with Gasteiger partial charge in [0.05, 0.1) is 0 Å². The third kappa shape index (κ3) is 3.34. The molecule has 25 heavy (non-hydrogen) atoms. The van der Waals surface area contributed by atoms with E-state index in [-0.39, 0.29) is 21.7 Å². The van der Waals surface area contributed by atoms with Crippen molar-refractivity contribution in [3.8, 4) is 11.1 Å². The van der Waals surface area contributed by atoms with Crippen molar-refractivity contribution in [3.05, 3.63) is 58.1 Å². The summed E-state index contributed by atoms with van der Waals surface area (Å²) < 4.78 is 93.8. The van der Waals surface area contributed by atoms with Crippen LogP contribution in [0.15, 0.2) is 36.4 Å². The van der Waals surface area contributed by atoms with Crippen LogP contribution in [0.1, 0.15) is 16.7 Å². The van der Waals surface area contributed by atoms with E-state index in [0.29, 0.717) is 6.07 Å². The Bertz CT molecular complexity index is 759. The summed E-state index contributed by atoms with van der Waals surface area (Å²) in [5.74, 6) is 0. The molecule has 0 radical (unpaired) electrons. The maximum atomic E-state index is 14.6. The van der Waals surface area contributed by atoms with Gasteiger partial charge in [-0.3, -0.25) is 0 Å². The Kier molecular flexibility index (Phi) is 4.85. The fourth-order valence-corrected chi connectivity index (χ4v) is 2.83. The van der Waals surface area contributed by atoms with Crippen LogP contribution in [0.5, 0.6) is 0 Å². The van der Waals surface area contributed by atoms with Gasteiger partial charge in [-0.1, -0.05) is 41.4 Å². The van der Waals surface area contributed by atoms with Crippen LogP contribution in [-0.4, -0.2) is 12.4 Å². The van der Waals surface area contributed by atoms with Crippen LogP contribution in [-0.2, 0) is 5.67 Å². The van der Waals surface area contributed by atoms with Crippen LogP contribution in [0.25, 0.3) is 11.1 Å². The molecule has 0 atom stereocenters. The fraction of sp³-hybridized carbons (Fsp3) is 0.294. The first-order chi connectivity index (χ1) is 11.3. The van der Waals surface area contributed by atoms with Gasteiger partial charge < -0.3 is 0 Å². The van der Waals surface area contributed by atoms with E-state index in [0.717, 1.165) is 0 Å². The van der Waals surface area contributed by atoms with Gasteiger partial charge >= 0.3 is 18.0 Å². The minimum atomic E-state index is -6.17. The molecule has 0 nitrogen and oxygen atoms in total. The third-order valence-electron chi connectivity index (χ3n) is 3.77. The van der Waals surface area contributed by atoms with E-state index in [1.807, 2.05) is 0 Å². The van der Waals surface area contributed by atoms with Crippen LogP contribution < -0.4 is 0 Å². The molecule has 136 valence electrons. The Hall–Kier alpha value is -1.76. The largest absolute Gasteiger partial charge is 0.435 e. The fourth-order valence-electron chi connectivity index (χ4n) is 2.71. The molecule has 2 rings (SSSR count). The monoisotopic (exact) mass is 384 g/mol. The van der Waals surface area contributed by atoms with Gasteiger partial charge in [0.15, 0.2) is 0 Å². The normalized spacial score (nSPS) is 13.2. The number of alkyl halides is 7. The second-order valence-electron chi connectivity index (χ2n) is 5.67. The lowest BCUT2D eigenvalue weighted by Crippen LogP contribution is -2.50. The third-order valence-corrected chi connectivity index (χ3v) is 4.02. The van der Waals surface area contributed by atoms with E-state index in [1.165, 1.54) is 44.2 Å². The van der Waals surface area contributed by atoms with Gasteiger partial charge in [-0.15, -0.1) is 0 Å². The van der Waals surface area contributed by atoms with Crippen LogP contribution in [0.4, 0.5) is 30.7 Å². The van der Waals surface area contributed by atoms with Crippen molar-refractivity contribution < 1.29 is 30.7 Å². The first-order valence-electron chi connectivity index (χ1n) is 6.99. The first-order valence-corrected chi connectivity index (χ1v) is 7.37. The summed E-state index contributed by atoms with van der Waals surface area (Å²) in [6.45, 7) is 2.63. The first kappa shape index (κ1) is 19.6. The van der Waals surface area contributed by atoms with Gasteiger partial charge in [-0.2, -0.15) is 26.3 Å². The Labute approximate surface area is 144 Å². The zero-order valence-electron chi connectivity index (χ0n) is 13.0. The Morgan fingerprint density at radius 3 is 1.68 bits per heavy atom. The average Bonchev–Trinajstić information content (AvgIpc) is 2.44. The predicted octanol–water partition coefficient (Wildman–Crippen LogP) is 6.91. The lowest BCUT2D eigenvalue weighted by molar-refractivity contribution is -0.348. The Balaban J connectivity index is 2.91. The molecule has 2 aromatic rings. The highest BCUT2D eigenvalue weighted by Gasteiger charge is 2.74. The molecule has 0 aliphatic rings. The van der Waals surface area contributed by atoms with Crippen molar-refractivity contribution in [1.29, 1.82) is 0 Å². The topological polar surface area (TPSA) is 0 Å². The van der Waals surface area contributed by atoms with Crippen LogP contribution in [0.3, 0.4) is 0 Å². The molecule has 0 spiro atoms. The summed E-state index contributed by atoms with van der Waals surface area (Å²) in [6, 6.07) is 7.08. The second kappa shape index (κ2) is 6.20. The molecule has 0 aromatic heterocycles. The van der Waals surface area contributed by atoms with Crippen molar-refractivity contribution in [2.75, 3.05) is 0 Å².